The van der Waals surface area contributed by atoms with E-state index in [2.05, 4.69) is 10.8 Å². The topological polar surface area (TPSA) is 70.0 Å². The molecule has 1 heterocycles. The van der Waals surface area contributed by atoms with Crippen LogP contribution in [0.4, 0.5) is 5.00 Å². The number of thiophene rings is 1. The Hall–Kier alpha value is -0.770. The van der Waals surface area contributed by atoms with E-state index in [1.165, 1.54) is 11.3 Å². The lowest BCUT2D eigenvalue weighted by Gasteiger charge is -2.10. The predicted octanol–water partition coefficient (Wildman–Crippen LogP) is 2.73. The fraction of sp³-hybridized carbons (Fsp3) is 0.583. The van der Waals surface area contributed by atoms with Crippen molar-refractivity contribution < 1.29 is 8.42 Å². The summed E-state index contributed by atoms with van der Waals surface area (Å²) in [7, 11) is -3.44. The number of nitrogens with zero attached hydrogens (tertiary/aromatic N) is 1. The Bertz CT molecular complexity index is 616. The molecule has 1 aliphatic carbocycles. The van der Waals surface area contributed by atoms with Gasteiger partial charge in [-0.2, -0.15) is 5.26 Å². The van der Waals surface area contributed by atoms with Gasteiger partial charge in [0.15, 0.2) is 0 Å². The van der Waals surface area contributed by atoms with Crippen molar-refractivity contribution in [1.82, 2.24) is 0 Å². The van der Waals surface area contributed by atoms with Gasteiger partial charge in [-0.3, -0.25) is 4.72 Å². The van der Waals surface area contributed by atoms with E-state index < -0.39 is 10.0 Å². The molecule has 19 heavy (non-hydrogen) atoms. The van der Waals surface area contributed by atoms with E-state index in [9.17, 15) is 13.7 Å². The number of nitrogens with one attached hydrogen (secondary N) is 1. The third-order valence-electron chi connectivity index (χ3n) is 3.05. The van der Waals surface area contributed by atoms with Gasteiger partial charge in [0.1, 0.15) is 11.1 Å². The Kier molecular flexibility index (Phi) is 4.39. The van der Waals surface area contributed by atoms with E-state index >= 15 is 0 Å². The molecule has 7 heteroatoms. The molecule has 0 radical (unpaired) electrons. The third-order valence-corrected chi connectivity index (χ3v) is 6.43. The van der Waals surface area contributed by atoms with Crippen LogP contribution in [0.15, 0.2) is 0 Å². The number of sulfonamides is 1. The molecule has 0 aliphatic heterocycles. The number of hydrogen-bond donors (Lipinski definition) is 1. The molecule has 1 aromatic rings. The van der Waals surface area contributed by atoms with E-state index in [0.717, 1.165) is 29.7 Å². The maximum absolute atomic E-state index is 12.0. The Balaban J connectivity index is 2.23. The quantitative estimate of drug-likeness (QED) is 0.849. The van der Waals surface area contributed by atoms with Gasteiger partial charge in [-0.15, -0.1) is 22.9 Å². The van der Waals surface area contributed by atoms with Gasteiger partial charge in [-0.1, -0.05) is 6.92 Å². The van der Waals surface area contributed by atoms with Crippen LogP contribution in [-0.2, 0) is 22.9 Å². The molecule has 0 saturated carbocycles. The minimum absolute atomic E-state index is 0.0239. The fourth-order valence-corrected chi connectivity index (χ4v) is 5.41. The number of anilines is 1. The molecule has 0 bridgehead atoms. The van der Waals surface area contributed by atoms with E-state index in [0.29, 0.717) is 16.4 Å². The van der Waals surface area contributed by atoms with Crippen LogP contribution in [0.1, 0.15) is 29.3 Å². The molecular weight excluding hydrogens is 304 g/mol. The van der Waals surface area contributed by atoms with E-state index in [-0.39, 0.29) is 11.7 Å². The predicted molar refractivity (Wildman–Crippen MR) is 78.4 cm³/mol. The molecule has 1 aliphatic rings. The second-order valence-electron chi connectivity index (χ2n) is 4.82. The molecule has 0 aromatic carbocycles. The lowest BCUT2D eigenvalue weighted by atomic mass is 10.1. The largest absolute Gasteiger partial charge is 0.273 e. The Morgan fingerprint density at radius 3 is 2.89 bits per heavy atom. The first kappa shape index (κ1) is 14.6. The Labute approximate surface area is 122 Å². The first-order valence-electron chi connectivity index (χ1n) is 6.08. The van der Waals surface area contributed by atoms with Crippen molar-refractivity contribution in [2.75, 3.05) is 16.4 Å². The number of alkyl halides is 1. The maximum Gasteiger partial charge on any atom is 0.233 e. The van der Waals surface area contributed by atoms with Crippen molar-refractivity contribution in [1.29, 1.82) is 5.26 Å². The van der Waals surface area contributed by atoms with Crippen LogP contribution in [0.25, 0.3) is 0 Å². The van der Waals surface area contributed by atoms with Crippen molar-refractivity contribution in [3.63, 3.8) is 0 Å². The first-order valence-corrected chi connectivity index (χ1v) is 9.08. The van der Waals surface area contributed by atoms with Crippen LogP contribution >= 0.6 is 22.9 Å². The average Bonchev–Trinajstić information content (AvgIpc) is 2.87. The van der Waals surface area contributed by atoms with Gasteiger partial charge in [0, 0.05) is 10.8 Å². The van der Waals surface area contributed by atoms with Gasteiger partial charge in [0.25, 0.3) is 0 Å². The Morgan fingerprint density at radius 1 is 1.53 bits per heavy atom. The number of hydrogen-bond acceptors (Lipinski definition) is 4. The smallest absolute Gasteiger partial charge is 0.233 e. The number of aryl methyl sites for hydroxylation is 1. The van der Waals surface area contributed by atoms with Crippen molar-refractivity contribution in [3.05, 3.63) is 16.0 Å². The van der Waals surface area contributed by atoms with Crippen molar-refractivity contribution >= 4 is 38.0 Å². The summed E-state index contributed by atoms with van der Waals surface area (Å²) in [5, 5.41) is 9.66. The zero-order chi connectivity index (χ0) is 14.0. The van der Waals surface area contributed by atoms with E-state index in [1.54, 1.807) is 6.92 Å². The first-order chi connectivity index (χ1) is 8.96. The highest BCUT2D eigenvalue weighted by Gasteiger charge is 2.25. The molecule has 104 valence electrons. The van der Waals surface area contributed by atoms with Crippen LogP contribution in [0, 0.1) is 17.2 Å². The van der Waals surface area contributed by atoms with Crippen LogP contribution in [0.2, 0.25) is 0 Å². The second-order valence-corrected chi connectivity index (χ2v) is 8.00. The maximum atomic E-state index is 12.0. The summed E-state index contributed by atoms with van der Waals surface area (Å²) in [5.74, 6) is 0.160. The van der Waals surface area contributed by atoms with Crippen molar-refractivity contribution in [3.8, 4) is 6.07 Å². The summed E-state index contributed by atoms with van der Waals surface area (Å²) in [5.41, 5.74) is 1.52. The molecule has 2 rings (SSSR count). The van der Waals surface area contributed by atoms with Gasteiger partial charge in [0.2, 0.25) is 10.0 Å². The monoisotopic (exact) mass is 318 g/mol. The highest BCUT2D eigenvalue weighted by molar-refractivity contribution is 7.92. The summed E-state index contributed by atoms with van der Waals surface area (Å²) in [6, 6.07) is 2.12. The lowest BCUT2D eigenvalue weighted by molar-refractivity contribution is 0.588. The van der Waals surface area contributed by atoms with Crippen LogP contribution in [0.5, 0.6) is 0 Å². The number of nitriles is 1. The van der Waals surface area contributed by atoms with Gasteiger partial charge in [-0.25, -0.2) is 8.42 Å². The highest BCUT2D eigenvalue weighted by Crippen LogP contribution is 2.39. The van der Waals surface area contributed by atoms with Gasteiger partial charge in [-0.05, 0) is 30.7 Å². The minimum atomic E-state index is -3.44. The molecular formula is C12H15ClN2O2S2. The zero-order valence-corrected chi connectivity index (χ0v) is 13.0. The molecule has 4 nitrogen and oxygen atoms in total. The Morgan fingerprint density at radius 2 is 2.26 bits per heavy atom. The SMILES string of the molecule is CC(CCl)CS(=O)(=O)Nc1sc2c(c1C#N)CCC2. The van der Waals surface area contributed by atoms with Gasteiger partial charge >= 0.3 is 0 Å². The third kappa shape index (κ3) is 3.22. The summed E-state index contributed by atoms with van der Waals surface area (Å²) < 4.78 is 26.5. The number of fused-ring (bicyclic) bond motifs is 1. The fourth-order valence-electron chi connectivity index (χ4n) is 2.20. The number of halogens is 1. The average molecular weight is 319 g/mol. The zero-order valence-electron chi connectivity index (χ0n) is 10.6. The normalized spacial score (nSPS) is 15.8. The summed E-state index contributed by atoms with van der Waals surface area (Å²) in [4.78, 5) is 1.14. The van der Waals surface area contributed by atoms with Crippen LogP contribution in [-0.4, -0.2) is 20.1 Å². The molecule has 1 aromatic heterocycles. The summed E-state index contributed by atoms with van der Waals surface area (Å²) in [6.45, 7) is 1.78. The van der Waals surface area contributed by atoms with Crippen molar-refractivity contribution in [2.24, 2.45) is 5.92 Å². The molecule has 0 saturated heterocycles. The molecule has 0 spiro atoms. The standard InChI is InChI=1S/C12H15ClN2O2S2/c1-8(5-13)7-19(16,17)15-12-10(6-14)9-3-2-4-11(9)18-12/h8,15H,2-5,7H2,1H3. The van der Waals surface area contributed by atoms with Gasteiger partial charge in [0.05, 0.1) is 11.3 Å². The molecule has 0 fully saturated rings. The summed E-state index contributed by atoms with van der Waals surface area (Å²) in [6.07, 6.45) is 2.86. The van der Waals surface area contributed by atoms with Gasteiger partial charge < -0.3 is 0 Å². The highest BCUT2D eigenvalue weighted by atomic mass is 35.5. The molecule has 0 amide bonds. The minimum Gasteiger partial charge on any atom is -0.273 e. The summed E-state index contributed by atoms with van der Waals surface area (Å²) >= 11 is 7.03. The molecule has 1 N–H and O–H groups in total. The van der Waals surface area contributed by atoms with Crippen molar-refractivity contribution in [2.45, 2.75) is 26.2 Å². The van der Waals surface area contributed by atoms with Crippen LogP contribution < -0.4 is 4.72 Å². The van der Waals surface area contributed by atoms with E-state index in [4.69, 9.17) is 11.6 Å². The van der Waals surface area contributed by atoms with E-state index in [1.807, 2.05) is 0 Å². The lowest BCUT2D eigenvalue weighted by Crippen LogP contribution is -2.22. The molecule has 1 unspecified atom stereocenters. The molecule has 1 atom stereocenters. The van der Waals surface area contributed by atoms with Crippen LogP contribution in [0.3, 0.4) is 0 Å². The second kappa shape index (κ2) is 5.70. The number of rotatable bonds is 5.